The standard InChI is InChI=1S/C26H32N6O4/c1-16(33)29-14-4-3-5-20(26(35)36)31-25(34)19-11-12-22-21(15-19)30-23(32(22)2)13-8-17-6-9-18(10-7-17)24(27)28/h6-7,9-12,15,20H,3-5,8,13-14H2,1-2H3,(H3,27,28)(H,29,33)(H,31,34)(H,35,36). The van der Waals surface area contributed by atoms with Crippen molar-refractivity contribution < 1.29 is 19.5 Å². The molecule has 10 heteroatoms. The molecule has 190 valence electrons. The molecule has 10 nitrogen and oxygen atoms in total. The molecule has 1 heterocycles. The molecule has 1 atom stereocenters. The smallest absolute Gasteiger partial charge is 0.326 e. The number of nitrogens with zero attached hydrogens (tertiary/aromatic N) is 2. The minimum atomic E-state index is -1.10. The Morgan fingerprint density at radius 1 is 1.08 bits per heavy atom. The van der Waals surface area contributed by atoms with Gasteiger partial charge in [0.25, 0.3) is 5.91 Å². The van der Waals surface area contributed by atoms with Gasteiger partial charge in [-0.25, -0.2) is 9.78 Å². The second-order valence-corrected chi connectivity index (χ2v) is 8.74. The van der Waals surface area contributed by atoms with E-state index in [0.717, 1.165) is 23.3 Å². The summed E-state index contributed by atoms with van der Waals surface area (Å²) in [5.41, 5.74) is 9.17. The number of amidine groups is 1. The Bertz CT molecular complexity index is 1270. The number of carboxylic acid groups (broad SMARTS) is 1. The summed E-state index contributed by atoms with van der Waals surface area (Å²) >= 11 is 0. The SMILES string of the molecule is CC(=O)NCCCCC(NC(=O)c1ccc2c(c1)nc(CCc1ccc(C(=N)N)cc1)n2C)C(=O)O. The van der Waals surface area contributed by atoms with Gasteiger partial charge in [-0.2, -0.15) is 0 Å². The summed E-state index contributed by atoms with van der Waals surface area (Å²) in [6.45, 7) is 1.90. The van der Waals surface area contributed by atoms with Crippen molar-refractivity contribution in [1.29, 1.82) is 5.41 Å². The number of aliphatic carboxylic acids is 1. The van der Waals surface area contributed by atoms with E-state index in [1.807, 2.05) is 41.9 Å². The van der Waals surface area contributed by atoms with Crippen molar-refractivity contribution in [2.24, 2.45) is 12.8 Å². The van der Waals surface area contributed by atoms with E-state index >= 15 is 0 Å². The summed E-state index contributed by atoms with van der Waals surface area (Å²) in [6, 6.07) is 11.7. The number of benzene rings is 2. The van der Waals surface area contributed by atoms with Crippen molar-refractivity contribution >= 4 is 34.7 Å². The number of nitrogen functional groups attached to an aromatic ring is 1. The summed E-state index contributed by atoms with van der Waals surface area (Å²) in [7, 11) is 1.92. The molecule has 2 amide bonds. The van der Waals surface area contributed by atoms with Crippen LogP contribution in [0.15, 0.2) is 42.5 Å². The van der Waals surface area contributed by atoms with Crippen LogP contribution in [-0.4, -0.2) is 50.9 Å². The van der Waals surface area contributed by atoms with Gasteiger partial charge in [-0.1, -0.05) is 24.3 Å². The van der Waals surface area contributed by atoms with E-state index in [0.29, 0.717) is 42.5 Å². The summed E-state index contributed by atoms with van der Waals surface area (Å²) in [4.78, 5) is 40.0. The number of unbranched alkanes of at least 4 members (excludes halogenated alkanes) is 1. The maximum Gasteiger partial charge on any atom is 0.326 e. The lowest BCUT2D eigenvalue weighted by Gasteiger charge is -2.14. The maximum atomic E-state index is 12.8. The van der Waals surface area contributed by atoms with Crippen LogP contribution in [0.3, 0.4) is 0 Å². The molecule has 0 fully saturated rings. The Hall–Kier alpha value is -4.21. The fraction of sp³-hybridized carbons (Fsp3) is 0.346. The molecule has 0 aliphatic carbocycles. The summed E-state index contributed by atoms with van der Waals surface area (Å²) < 4.78 is 1.98. The number of rotatable bonds is 12. The molecule has 36 heavy (non-hydrogen) atoms. The molecule has 0 saturated heterocycles. The molecule has 0 aliphatic rings. The van der Waals surface area contributed by atoms with E-state index in [-0.39, 0.29) is 18.2 Å². The van der Waals surface area contributed by atoms with Gasteiger partial charge in [0.05, 0.1) is 11.0 Å². The lowest BCUT2D eigenvalue weighted by Crippen LogP contribution is -2.40. The number of aryl methyl sites for hydroxylation is 3. The third kappa shape index (κ3) is 6.91. The number of aromatic nitrogens is 2. The van der Waals surface area contributed by atoms with E-state index in [2.05, 4.69) is 10.6 Å². The van der Waals surface area contributed by atoms with Gasteiger partial charge in [-0.15, -0.1) is 0 Å². The van der Waals surface area contributed by atoms with E-state index < -0.39 is 17.9 Å². The molecule has 1 unspecified atom stereocenters. The van der Waals surface area contributed by atoms with Crippen molar-refractivity contribution in [1.82, 2.24) is 20.2 Å². The Morgan fingerprint density at radius 2 is 1.78 bits per heavy atom. The van der Waals surface area contributed by atoms with Crippen LogP contribution in [0.1, 0.15) is 53.5 Å². The van der Waals surface area contributed by atoms with Gasteiger partial charge in [0.1, 0.15) is 17.7 Å². The largest absolute Gasteiger partial charge is 0.480 e. The first kappa shape index (κ1) is 26.4. The molecule has 0 radical (unpaired) electrons. The van der Waals surface area contributed by atoms with E-state index in [1.54, 1.807) is 12.1 Å². The number of imidazole rings is 1. The molecule has 2 aromatic carbocycles. The molecule has 3 aromatic rings. The lowest BCUT2D eigenvalue weighted by molar-refractivity contribution is -0.139. The first-order chi connectivity index (χ1) is 17.2. The normalized spacial score (nSPS) is 11.7. The van der Waals surface area contributed by atoms with Crippen molar-refractivity contribution in [2.75, 3.05) is 6.54 Å². The highest BCUT2D eigenvalue weighted by Gasteiger charge is 2.21. The second kappa shape index (κ2) is 12.0. The van der Waals surface area contributed by atoms with Gasteiger partial charge in [0.15, 0.2) is 0 Å². The Balaban J connectivity index is 1.64. The third-order valence-electron chi connectivity index (χ3n) is 6.03. The number of hydrogen-bond acceptors (Lipinski definition) is 5. The molecule has 0 bridgehead atoms. The highest BCUT2D eigenvalue weighted by Crippen LogP contribution is 2.19. The lowest BCUT2D eigenvalue weighted by atomic mass is 10.1. The quantitative estimate of drug-likeness (QED) is 0.148. The van der Waals surface area contributed by atoms with Crippen LogP contribution in [0.2, 0.25) is 0 Å². The number of nitrogens with one attached hydrogen (secondary N) is 3. The monoisotopic (exact) mass is 492 g/mol. The average molecular weight is 493 g/mol. The number of carbonyl (C=O) groups excluding carboxylic acids is 2. The van der Waals surface area contributed by atoms with Gasteiger partial charge >= 0.3 is 5.97 Å². The fourth-order valence-electron chi connectivity index (χ4n) is 3.96. The number of carboxylic acids is 1. The zero-order valence-electron chi connectivity index (χ0n) is 20.5. The summed E-state index contributed by atoms with van der Waals surface area (Å²) in [6.07, 6.45) is 2.89. The second-order valence-electron chi connectivity index (χ2n) is 8.74. The number of fused-ring (bicyclic) bond motifs is 1. The van der Waals surface area contributed by atoms with Crippen LogP contribution in [-0.2, 0) is 29.5 Å². The van der Waals surface area contributed by atoms with Crippen LogP contribution >= 0.6 is 0 Å². The minimum Gasteiger partial charge on any atom is -0.480 e. The molecule has 6 N–H and O–H groups in total. The Morgan fingerprint density at radius 3 is 2.42 bits per heavy atom. The predicted octanol–water partition coefficient (Wildman–Crippen LogP) is 2.13. The van der Waals surface area contributed by atoms with Crippen LogP contribution in [0.25, 0.3) is 11.0 Å². The predicted molar refractivity (Wildman–Crippen MR) is 137 cm³/mol. The van der Waals surface area contributed by atoms with Gasteiger partial charge in [-0.3, -0.25) is 15.0 Å². The number of hydrogen-bond donors (Lipinski definition) is 5. The van der Waals surface area contributed by atoms with Crippen molar-refractivity contribution in [3.63, 3.8) is 0 Å². The topological polar surface area (TPSA) is 163 Å². The van der Waals surface area contributed by atoms with E-state index in [1.165, 1.54) is 6.92 Å². The molecule has 0 aliphatic heterocycles. The number of nitrogens with two attached hydrogens (primary N) is 1. The van der Waals surface area contributed by atoms with Crippen LogP contribution in [0, 0.1) is 5.41 Å². The molecule has 0 saturated carbocycles. The van der Waals surface area contributed by atoms with E-state index in [4.69, 9.17) is 16.1 Å². The zero-order valence-corrected chi connectivity index (χ0v) is 20.5. The van der Waals surface area contributed by atoms with Crippen molar-refractivity contribution in [3.05, 3.63) is 65.0 Å². The van der Waals surface area contributed by atoms with Gasteiger partial charge in [-0.05, 0) is 49.4 Å². The number of carbonyl (C=O) groups is 3. The van der Waals surface area contributed by atoms with Crippen LogP contribution < -0.4 is 16.4 Å². The van der Waals surface area contributed by atoms with Gasteiger partial charge in [0, 0.05) is 38.1 Å². The Kier molecular flexibility index (Phi) is 8.77. The van der Waals surface area contributed by atoms with E-state index in [9.17, 15) is 19.5 Å². The van der Waals surface area contributed by atoms with Crippen LogP contribution in [0.5, 0.6) is 0 Å². The highest BCUT2D eigenvalue weighted by atomic mass is 16.4. The summed E-state index contributed by atoms with van der Waals surface area (Å²) in [5.74, 6) is -0.798. The number of amides is 2. The first-order valence-corrected chi connectivity index (χ1v) is 11.8. The molecular formula is C26H32N6O4. The first-order valence-electron chi connectivity index (χ1n) is 11.8. The van der Waals surface area contributed by atoms with Gasteiger partial charge in [0.2, 0.25) is 5.91 Å². The average Bonchev–Trinajstić information content (AvgIpc) is 3.16. The van der Waals surface area contributed by atoms with Gasteiger partial charge < -0.3 is 26.0 Å². The molecule has 1 aromatic heterocycles. The summed E-state index contributed by atoms with van der Waals surface area (Å²) in [5, 5.41) is 22.3. The van der Waals surface area contributed by atoms with Crippen LogP contribution in [0.4, 0.5) is 0 Å². The van der Waals surface area contributed by atoms with Crippen molar-refractivity contribution in [2.45, 2.75) is 45.1 Å². The van der Waals surface area contributed by atoms with Crippen molar-refractivity contribution in [3.8, 4) is 0 Å². The molecular weight excluding hydrogens is 460 g/mol. The third-order valence-corrected chi connectivity index (χ3v) is 6.03. The minimum absolute atomic E-state index is 0.0355. The highest BCUT2D eigenvalue weighted by molar-refractivity contribution is 5.99. The zero-order chi connectivity index (χ0) is 26.2. The molecule has 3 rings (SSSR count). The fourth-order valence-corrected chi connectivity index (χ4v) is 3.96. The maximum absolute atomic E-state index is 12.8. The Labute approximate surface area is 209 Å². The molecule has 0 spiro atoms.